The first-order valence-corrected chi connectivity index (χ1v) is 9.63. The number of carbonyl (C=O) groups excluding carboxylic acids is 1. The van der Waals surface area contributed by atoms with Gasteiger partial charge in [-0.05, 0) is 24.4 Å². The summed E-state index contributed by atoms with van der Waals surface area (Å²) in [4.78, 5) is 36.1. The van der Waals surface area contributed by atoms with Gasteiger partial charge in [0.15, 0.2) is 0 Å². The molecule has 1 aliphatic heterocycles. The van der Waals surface area contributed by atoms with Gasteiger partial charge >= 0.3 is 19.1 Å². The van der Waals surface area contributed by atoms with Gasteiger partial charge in [-0.1, -0.05) is 11.3 Å². The molecule has 1 aliphatic rings. The van der Waals surface area contributed by atoms with Crippen LogP contribution in [0.1, 0.15) is 21.6 Å². The highest BCUT2D eigenvalue weighted by Crippen LogP contribution is 2.34. The van der Waals surface area contributed by atoms with Crippen molar-refractivity contribution >= 4 is 25.0 Å². The van der Waals surface area contributed by atoms with Crippen molar-refractivity contribution in [2.24, 2.45) is 0 Å². The summed E-state index contributed by atoms with van der Waals surface area (Å²) in [5.41, 5.74) is 0.0321. The molecule has 1 aromatic heterocycles. The Balaban J connectivity index is 1.57. The molecule has 1 aromatic carbocycles. The number of carbonyl (C=O) groups is 3. The van der Waals surface area contributed by atoms with E-state index in [1.807, 2.05) is 0 Å². The SMILES string of the molecule is O=C(O)Cc1cn(CC(=O)N2CC(Oc3ccc(CCB(O)O)c(O)c3C(=O)O)C2)nn1. The molecule has 5 N–H and O–H groups in total. The summed E-state index contributed by atoms with van der Waals surface area (Å²) in [5.74, 6) is -3.33. The summed E-state index contributed by atoms with van der Waals surface area (Å²) < 4.78 is 6.88. The van der Waals surface area contributed by atoms with Crippen LogP contribution in [0, 0.1) is 0 Å². The molecular weight excluding hydrogens is 427 g/mol. The summed E-state index contributed by atoms with van der Waals surface area (Å²) in [6.07, 6.45) is 0.577. The monoisotopic (exact) mass is 448 g/mol. The third kappa shape index (κ3) is 5.53. The Morgan fingerprint density at radius 3 is 2.53 bits per heavy atom. The Morgan fingerprint density at radius 2 is 1.91 bits per heavy atom. The van der Waals surface area contributed by atoms with Crippen LogP contribution < -0.4 is 4.74 Å². The molecule has 1 fully saturated rings. The Kier molecular flexibility index (Phi) is 6.95. The maximum Gasteiger partial charge on any atom is 0.451 e. The Labute approximate surface area is 181 Å². The lowest BCUT2D eigenvalue weighted by Crippen LogP contribution is -2.57. The standard InChI is InChI=1S/C18H21BN4O9/c24-14(9-23-6-11(20-21-23)5-15(25)26)22-7-12(8-22)32-13-2-1-10(3-4-19(30)31)17(27)16(13)18(28)29/h1-2,6,12,27,30-31H,3-5,7-9H2,(H,25,26)(H,28,29). The zero-order chi connectivity index (χ0) is 23.4. The van der Waals surface area contributed by atoms with E-state index in [0.29, 0.717) is 0 Å². The van der Waals surface area contributed by atoms with Crippen LogP contribution in [-0.2, 0) is 29.0 Å². The fourth-order valence-corrected chi connectivity index (χ4v) is 3.19. The molecule has 170 valence electrons. The van der Waals surface area contributed by atoms with Gasteiger partial charge in [-0.3, -0.25) is 9.59 Å². The first-order valence-electron chi connectivity index (χ1n) is 9.63. The molecule has 0 aliphatic carbocycles. The number of rotatable bonds is 10. The highest BCUT2D eigenvalue weighted by Gasteiger charge is 2.34. The molecule has 0 unspecified atom stereocenters. The van der Waals surface area contributed by atoms with Gasteiger partial charge in [0.05, 0.1) is 25.2 Å². The van der Waals surface area contributed by atoms with Crippen LogP contribution >= 0.6 is 0 Å². The Bertz CT molecular complexity index is 1020. The van der Waals surface area contributed by atoms with Crippen LogP contribution in [0.2, 0.25) is 6.32 Å². The molecule has 3 rings (SSSR count). The number of aliphatic carboxylic acids is 1. The number of aromatic nitrogens is 3. The number of hydrogen-bond donors (Lipinski definition) is 5. The van der Waals surface area contributed by atoms with Crippen molar-refractivity contribution in [1.29, 1.82) is 0 Å². The van der Waals surface area contributed by atoms with Gasteiger partial charge in [-0.25, -0.2) is 9.48 Å². The average Bonchev–Trinajstić information content (AvgIpc) is 3.08. The number of carboxylic acids is 2. The second kappa shape index (κ2) is 9.66. The minimum absolute atomic E-state index is 0.0602. The third-order valence-corrected chi connectivity index (χ3v) is 4.82. The number of phenols is 1. The molecule has 32 heavy (non-hydrogen) atoms. The van der Waals surface area contributed by atoms with E-state index >= 15 is 0 Å². The van der Waals surface area contributed by atoms with Gasteiger partial charge in [-0.15, -0.1) is 5.10 Å². The maximum atomic E-state index is 12.3. The first kappa shape index (κ1) is 23.0. The van der Waals surface area contributed by atoms with Gasteiger partial charge in [0.2, 0.25) is 5.91 Å². The van der Waals surface area contributed by atoms with E-state index < -0.39 is 36.5 Å². The van der Waals surface area contributed by atoms with Gasteiger partial charge in [0.1, 0.15) is 29.7 Å². The number of aromatic hydroxyl groups is 1. The summed E-state index contributed by atoms with van der Waals surface area (Å²) in [6.45, 7) is 0.244. The minimum Gasteiger partial charge on any atom is -0.507 e. The number of carboxylic acid groups (broad SMARTS) is 2. The van der Waals surface area contributed by atoms with Crippen molar-refractivity contribution in [1.82, 2.24) is 19.9 Å². The van der Waals surface area contributed by atoms with Crippen molar-refractivity contribution in [3.8, 4) is 11.5 Å². The molecule has 2 aromatic rings. The first-order chi connectivity index (χ1) is 15.1. The second-order valence-corrected chi connectivity index (χ2v) is 7.29. The molecule has 0 bridgehead atoms. The molecule has 1 amide bonds. The Hall–Kier alpha value is -3.65. The third-order valence-electron chi connectivity index (χ3n) is 4.82. The number of likely N-dealkylation sites (tertiary alicyclic amines) is 1. The molecule has 14 heteroatoms. The zero-order valence-corrected chi connectivity index (χ0v) is 16.8. The fraction of sp³-hybridized carbons (Fsp3) is 0.389. The number of hydrogen-bond acceptors (Lipinski definition) is 9. The smallest absolute Gasteiger partial charge is 0.451 e. The van der Waals surface area contributed by atoms with E-state index in [2.05, 4.69) is 10.3 Å². The predicted molar refractivity (Wildman–Crippen MR) is 106 cm³/mol. The summed E-state index contributed by atoms with van der Waals surface area (Å²) >= 11 is 0. The van der Waals surface area contributed by atoms with E-state index in [1.54, 1.807) is 0 Å². The van der Waals surface area contributed by atoms with E-state index in [0.717, 1.165) is 0 Å². The van der Waals surface area contributed by atoms with Crippen LogP contribution in [0.3, 0.4) is 0 Å². The van der Waals surface area contributed by atoms with Crippen molar-refractivity contribution < 1.29 is 44.5 Å². The van der Waals surface area contributed by atoms with Gasteiger partial charge in [0.25, 0.3) is 0 Å². The predicted octanol–water partition coefficient (Wildman–Crippen LogP) is -1.39. The summed E-state index contributed by atoms with van der Waals surface area (Å²) in [7, 11) is -1.58. The molecule has 0 saturated carbocycles. The number of ether oxygens (including phenoxy) is 1. The normalized spacial score (nSPS) is 13.5. The van der Waals surface area contributed by atoms with Gasteiger partial charge < -0.3 is 35.0 Å². The van der Waals surface area contributed by atoms with Gasteiger partial charge in [0, 0.05) is 6.20 Å². The molecule has 0 atom stereocenters. The largest absolute Gasteiger partial charge is 0.507 e. The van der Waals surface area contributed by atoms with Crippen LogP contribution in [0.25, 0.3) is 0 Å². The molecule has 0 spiro atoms. The van der Waals surface area contributed by atoms with Gasteiger partial charge in [-0.2, -0.15) is 0 Å². The molecule has 2 heterocycles. The zero-order valence-electron chi connectivity index (χ0n) is 16.8. The number of aromatic carboxylic acids is 1. The molecule has 13 nitrogen and oxygen atoms in total. The number of amides is 1. The average molecular weight is 448 g/mol. The maximum absolute atomic E-state index is 12.3. The summed E-state index contributed by atoms with van der Waals surface area (Å²) in [6, 6.07) is 2.83. The number of nitrogens with zero attached hydrogens (tertiary/aromatic N) is 4. The lowest BCUT2D eigenvalue weighted by atomic mass is 9.82. The van der Waals surface area contributed by atoms with Crippen molar-refractivity contribution in [2.45, 2.75) is 31.8 Å². The number of benzene rings is 1. The van der Waals surface area contributed by atoms with Crippen LogP contribution in [0.15, 0.2) is 18.3 Å². The van der Waals surface area contributed by atoms with E-state index in [-0.39, 0.29) is 61.7 Å². The van der Waals surface area contributed by atoms with Crippen molar-refractivity contribution in [2.75, 3.05) is 13.1 Å². The second-order valence-electron chi connectivity index (χ2n) is 7.29. The van der Waals surface area contributed by atoms with E-state index in [1.165, 1.54) is 27.9 Å². The van der Waals surface area contributed by atoms with E-state index in [4.69, 9.17) is 19.9 Å². The number of aryl methyl sites for hydroxylation is 1. The van der Waals surface area contributed by atoms with Crippen LogP contribution in [-0.4, -0.2) is 89.4 Å². The molecular formula is C18H21BN4O9. The summed E-state index contributed by atoms with van der Waals surface area (Å²) in [5, 5.41) is 53.8. The highest BCUT2D eigenvalue weighted by atomic mass is 16.5. The fourth-order valence-electron chi connectivity index (χ4n) is 3.19. The topological polar surface area (TPSA) is 196 Å². The quantitative estimate of drug-likeness (QED) is 0.269. The lowest BCUT2D eigenvalue weighted by Gasteiger charge is -2.39. The minimum atomic E-state index is -1.58. The van der Waals surface area contributed by atoms with Crippen LogP contribution in [0.4, 0.5) is 0 Å². The van der Waals surface area contributed by atoms with E-state index in [9.17, 15) is 24.6 Å². The highest BCUT2D eigenvalue weighted by molar-refractivity contribution is 6.41. The molecule has 1 saturated heterocycles. The van der Waals surface area contributed by atoms with Crippen molar-refractivity contribution in [3.05, 3.63) is 35.2 Å². The van der Waals surface area contributed by atoms with Crippen molar-refractivity contribution in [3.63, 3.8) is 0 Å². The molecule has 0 radical (unpaired) electrons. The lowest BCUT2D eigenvalue weighted by molar-refractivity contribution is -0.141. The van der Waals surface area contributed by atoms with Crippen LogP contribution in [0.5, 0.6) is 11.5 Å². The Morgan fingerprint density at radius 1 is 1.19 bits per heavy atom.